The second-order valence-electron chi connectivity index (χ2n) is 8.81. The molecule has 1 aromatic heterocycles. The zero-order valence-electron chi connectivity index (χ0n) is 19.8. The van der Waals surface area contributed by atoms with Crippen LogP contribution >= 0.6 is 15.9 Å². The van der Waals surface area contributed by atoms with Gasteiger partial charge in [-0.05, 0) is 36.6 Å². The Kier molecular flexibility index (Phi) is 7.71. The molecule has 0 aliphatic rings. The van der Waals surface area contributed by atoms with Gasteiger partial charge in [0.2, 0.25) is 5.75 Å². The van der Waals surface area contributed by atoms with E-state index in [4.69, 9.17) is 9.47 Å². The average molecular weight is 531 g/mol. The highest BCUT2D eigenvalue weighted by Gasteiger charge is 2.24. The van der Waals surface area contributed by atoms with Crippen molar-refractivity contribution in [2.24, 2.45) is 10.5 Å². The maximum Gasteiger partial charge on any atom is 0.315 e. The number of benzene rings is 2. The molecule has 0 N–H and O–H groups in total. The maximum absolute atomic E-state index is 13.1. The van der Waals surface area contributed by atoms with Crippen molar-refractivity contribution in [3.05, 3.63) is 66.7 Å². The van der Waals surface area contributed by atoms with Crippen molar-refractivity contribution in [3.8, 4) is 11.5 Å². The van der Waals surface area contributed by atoms with Crippen LogP contribution in [0.4, 0.5) is 5.69 Å². The lowest BCUT2D eigenvalue weighted by molar-refractivity contribution is -0.386. The van der Waals surface area contributed by atoms with Crippen LogP contribution in [-0.2, 0) is 6.42 Å². The molecular weight excluding hydrogens is 504 g/mol. The van der Waals surface area contributed by atoms with Crippen molar-refractivity contribution in [2.45, 2.75) is 41.0 Å². The summed E-state index contributed by atoms with van der Waals surface area (Å²) in [4.78, 5) is 28.9. The Morgan fingerprint density at radius 3 is 2.56 bits per heavy atom. The smallest absolute Gasteiger partial charge is 0.315 e. The molecule has 3 aromatic rings. The van der Waals surface area contributed by atoms with Crippen LogP contribution in [0.25, 0.3) is 10.9 Å². The van der Waals surface area contributed by atoms with Gasteiger partial charge in [-0.15, -0.1) is 0 Å². The summed E-state index contributed by atoms with van der Waals surface area (Å²) in [6.45, 7) is 10.1. The Balaban J connectivity index is 2.11. The van der Waals surface area contributed by atoms with E-state index >= 15 is 0 Å². The van der Waals surface area contributed by atoms with Crippen molar-refractivity contribution in [1.29, 1.82) is 0 Å². The van der Waals surface area contributed by atoms with Crippen molar-refractivity contribution >= 4 is 38.7 Å². The highest BCUT2D eigenvalue weighted by molar-refractivity contribution is 9.10. The van der Waals surface area contributed by atoms with Crippen molar-refractivity contribution in [3.63, 3.8) is 0 Å². The minimum Gasteiger partial charge on any atom is -0.490 e. The minimum atomic E-state index is -0.517. The number of nitro groups is 1. The van der Waals surface area contributed by atoms with Crippen molar-refractivity contribution in [1.82, 2.24) is 9.66 Å². The molecule has 1 heterocycles. The molecular formula is C24H27BrN4O5. The molecule has 0 spiro atoms. The first-order chi connectivity index (χ1) is 16.0. The van der Waals surface area contributed by atoms with E-state index in [1.165, 1.54) is 17.0 Å². The molecule has 9 nitrogen and oxygen atoms in total. The summed E-state index contributed by atoms with van der Waals surface area (Å²) in [5.74, 6) is 0.786. The summed E-state index contributed by atoms with van der Waals surface area (Å²) in [5.41, 5.74) is 0.199. The molecule has 0 unspecified atom stereocenters. The molecule has 10 heteroatoms. The zero-order chi connectivity index (χ0) is 25.0. The number of nitrogens with zero attached hydrogens (tertiary/aromatic N) is 4. The molecule has 3 rings (SSSR count). The van der Waals surface area contributed by atoms with Gasteiger partial charge in [0.05, 0.1) is 35.3 Å². The van der Waals surface area contributed by atoms with Crippen molar-refractivity contribution in [2.75, 3.05) is 13.2 Å². The molecule has 0 saturated carbocycles. The van der Waals surface area contributed by atoms with Crippen LogP contribution in [0.1, 0.15) is 46.0 Å². The predicted molar refractivity (Wildman–Crippen MR) is 135 cm³/mol. The molecule has 0 bridgehead atoms. The fraction of sp³-hybridized carbons (Fsp3) is 0.375. The molecule has 0 saturated heterocycles. The molecule has 0 aliphatic heterocycles. The molecule has 2 aromatic carbocycles. The van der Waals surface area contributed by atoms with Crippen LogP contribution < -0.4 is 15.0 Å². The van der Waals surface area contributed by atoms with Gasteiger partial charge in [-0.1, -0.05) is 43.6 Å². The second-order valence-corrected chi connectivity index (χ2v) is 9.73. The summed E-state index contributed by atoms with van der Waals surface area (Å²) in [6, 6.07) is 8.24. The normalized spacial score (nSPS) is 11.8. The quantitative estimate of drug-likeness (QED) is 0.221. The largest absolute Gasteiger partial charge is 0.490 e. The first kappa shape index (κ1) is 25.4. The Morgan fingerprint density at radius 1 is 1.21 bits per heavy atom. The monoisotopic (exact) mass is 530 g/mol. The SMILES string of the molecule is CCOc1cc(C=Nn2c(CC)nc3ccc(Br)cc3c2=O)cc([N+](=O)[O-])c1OCC(C)(C)C. The number of hydrogen-bond donors (Lipinski definition) is 0. The zero-order valence-corrected chi connectivity index (χ0v) is 21.4. The summed E-state index contributed by atoms with van der Waals surface area (Å²) in [6.07, 6.45) is 1.86. The number of rotatable bonds is 8. The maximum atomic E-state index is 13.1. The van der Waals surface area contributed by atoms with Crippen LogP contribution in [0.2, 0.25) is 0 Å². The van der Waals surface area contributed by atoms with E-state index in [1.54, 1.807) is 25.1 Å². The van der Waals surface area contributed by atoms with Gasteiger partial charge in [0.1, 0.15) is 5.82 Å². The highest BCUT2D eigenvalue weighted by Crippen LogP contribution is 2.39. The van der Waals surface area contributed by atoms with E-state index in [0.29, 0.717) is 35.3 Å². The Morgan fingerprint density at radius 2 is 1.94 bits per heavy atom. The van der Waals surface area contributed by atoms with Crippen LogP contribution in [-0.4, -0.2) is 34.0 Å². The number of hydrogen-bond acceptors (Lipinski definition) is 7. The number of halogens is 1. The van der Waals surface area contributed by atoms with Crippen LogP contribution in [0.5, 0.6) is 11.5 Å². The van der Waals surface area contributed by atoms with Gasteiger partial charge < -0.3 is 9.47 Å². The third kappa shape index (κ3) is 5.80. The molecule has 0 fully saturated rings. The third-order valence-corrected chi connectivity index (χ3v) is 5.21. The van der Waals surface area contributed by atoms with Gasteiger partial charge in [-0.25, -0.2) is 4.98 Å². The second kappa shape index (κ2) is 10.3. The van der Waals surface area contributed by atoms with Crippen LogP contribution in [0.3, 0.4) is 0 Å². The summed E-state index contributed by atoms with van der Waals surface area (Å²) in [7, 11) is 0. The summed E-state index contributed by atoms with van der Waals surface area (Å²) < 4.78 is 13.4. The lowest BCUT2D eigenvalue weighted by Gasteiger charge is -2.20. The fourth-order valence-electron chi connectivity index (χ4n) is 3.18. The molecule has 34 heavy (non-hydrogen) atoms. The Labute approximate surface area is 205 Å². The van der Waals surface area contributed by atoms with Gasteiger partial charge >= 0.3 is 5.69 Å². The average Bonchev–Trinajstić information content (AvgIpc) is 2.77. The number of ether oxygens (including phenoxy) is 2. The third-order valence-electron chi connectivity index (χ3n) is 4.72. The van der Waals surface area contributed by atoms with E-state index in [2.05, 4.69) is 26.0 Å². The van der Waals surface area contributed by atoms with Crippen molar-refractivity contribution < 1.29 is 14.4 Å². The van der Waals surface area contributed by atoms with Crippen LogP contribution in [0.15, 0.2) is 44.7 Å². The molecule has 0 aliphatic carbocycles. The van der Waals surface area contributed by atoms with Gasteiger partial charge in [0, 0.05) is 22.5 Å². The Bertz CT molecular complexity index is 1310. The molecule has 0 atom stereocenters. The number of nitro benzene ring substituents is 1. The van der Waals surface area contributed by atoms with E-state index < -0.39 is 4.92 Å². The lowest BCUT2D eigenvalue weighted by atomic mass is 9.98. The number of aryl methyl sites for hydroxylation is 1. The van der Waals surface area contributed by atoms with E-state index in [1.807, 2.05) is 33.8 Å². The molecule has 180 valence electrons. The predicted octanol–water partition coefficient (Wildman–Crippen LogP) is 5.34. The van der Waals surface area contributed by atoms with Gasteiger partial charge in [-0.2, -0.15) is 9.78 Å². The van der Waals surface area contributed by atoms with Gasteiger partial charge in [-0.3, -0.25) is 14.9 Å². The first-order valence-electron chi connectivity index (χ1n) is 10.9. The lowest BCUT2D eigenvalue weighted by Crippen LogP contribution is -2.22. The minimum absolute atomic E-state index is 0.0718. The van der Waals surface area contributed by atoms with Crippen LogP contribution in [0, 0.1) is 15.5 Å². The van der Waals surface area contributed by atoms with Gasteiger partial charge in [0.15, 0.2) is 5.75 Å². The summed E-state index contributed by atoms with van der Waals surface area (Å²) in [5, 5.41) is 16.6. The number of fused-ring (bicyclic) bond motifs is 1. The van der Waals surface area contributed by atoms with E-state index in [9.17, 15) is 14.9 Å². The standard InChI is InChI=1S/C24H27BrN4O5/c1-6-21-27-18-9-8-16(25)12-17(18)23(30)28(21)26-13-15-10-19(29(31)32)22(20(11-15)33-7-2)34-14-24(3,4)5/h8-13H,6-7,14H2,1-5H3. The first-order valence-corrected chi connectivity index (χ1v) is 11.7. The Hall–Kier alpha value is -3.27. The van der Waals surface area contributed by atoms with Gasteiger partial charge in [0.25, 0.3) is 5.56 Å². The molecule has 0 radical (unpaired) electrons. The fourth-order valence-corrected chi connectivity index (χ4v) is 3.54. The summed E-state index contributed by atoms with van der Waals surface area (Å²) >= 11 is 3.37. The van der Waals surface area contributed by atoms with E-state index in [0.717, 1.165) is 4.47 Å². The highest BCUT2D eigenvalue weighted by atomic mass is 79.9. The number of aromatic nitrogens is 2. The van der Waals surface area contributed by atoms with E-state index in [-0.39, 0.29) is 34.8 Å². The molecule has 0 amide bonds. The topological polar surface area (TPSA) is 109 Å².